The molecule has 1 fully saturated rings. The van der Waals surface area contributed by atoms with Gasteiger partial charge in [-0.2, -0.15) is 0 Å². The van der Waals surface area contributed by atoms with Crippen LogP contribution in [0.1, 0.15) is 6.92 Å². The molecule has 5 heteroatoms. The maximum Gasteiger partial charge on any atom is 0.320 e. The topological polar surface area (TPSA) is 69.8 Å². The van der Waals surface area contributed by atoms with Crippen LogP contribution in [0.3, 0.4) is 0 Å². The molecule has 0 aliphatic carbocycles. The van der Waals surface area contributed by atoms with Gasteiger partial charge in [-0.1, -0.05) is 6.07 Å². The molecule has 0 spiro atoms. The third-order valence-corrected chi connectivity index (χ3v) is 3.45. The first kappa shape index (κ1) is 12.7. The fourth-order valence-corrected chi connectivity index (χ4v) is 2.25. The molecule has 3 N–H and O–H groups in total. The van der Waals surface area contributed by atoms with E-state index in [1.165, 1.54) is 0 Å². The summed E-state index contributed by atoms with van der Waals surface area (Å²) in [6.45, 7) is 4.94. The number of aliphatic carboxylic acids is 1. The molecule has 0 aromatic heterocycles. The highest BCUT2D eigenvalue weighted by Crippen LogP contribution is 2.19. The lowest BCUT2D eigenvalue weighted by Gasteiger charge is -2.37. The molecule has 0 radical (unpaired) electrons. The van der Waals surface area contributed by atoms with Crippen LogP contribution in [0.15, 0.2) is 24.3 Å². The summed E-state index contributed by atoms with van der Waals surface area (Å²) < 4.78 is 0. The van der Waals surface area contributed by atoms with Gasteiger partial charge in [-0.05, 0) is 25.1 Å². The van der Waals surface area contributed by atoms with Crippen LogP contribution in [0, 0.1) is 0 Å². The summed E-state index contributed by atoms with van der Waals surface area (Å²) in [7, 11) is 0. The zero-order chi connectivity index (χ0) is 13.1. The second-order valence-corrected chi connectivity index (χ2v) is 4.63. The second-order valence-electron chi connectivity index (χ2n) is 4.63. The molecule has 1 aromatic rings. The van der Waals surface area contributed by atoms with E-state index in [2.05, 4.69) is 4.90 Å². The Bertz CT molecular complexity index is 428. The Morgan fingerprint density at radius 3 is 2.56 bits per heavy atom. The van der Waals surface area contributed by atoms with E-state index >= 15 is 0 Å². The molecule has 0 saturated carbocycles. The summed E-state index contributed by atoms with van der Waals surface area (Å²) >= 11 is 0. The molecule has 1 atom stereocenters. The normalized spacial score (nSPS) is 18.6. The summed E-state index contributed by atoms with van der Waals surface area (Å²) in [6, 6.07) is 7.39. The summed E-state index contributed by atoms with van der Waals surface area (Å²) in [6.07, 6.45) is 0. The second kappa shape index (κ2) is 5.27. The number of nitrogens with zero attached hydrogens (tertiary/aromatic N) is 2. The summed E-state index contributed by atoms with van der Waals surface area (Å²) in [5.41, 5.74) is 7.63. The number of carboxylic acids is 1. The van der Waals surface area contributed by atoms with Crippen molar-refractivity contribution in [2.75, 3.05) is 36.8 Å². The van der Waals surface area contributed by atoms with E-state index in [0.29, 0.717) is 0 Å². The van der Waals surface area contributed by atoms with Crippen LogP contribution in [0.5, 0.6) is 0 Å². The zero-order valence-electron chi connectivity index (χ0n) is 10.5. The van der Waals surface area contributed by atoms with E-state index in [-0.39, 0.29) is 0 Å². The van der Waals surface area contributed by atoms with E-state index in [4.69, 9.17) is 10.8 Å². The molecule has 5 nitrogen and oxygen atoms in total. The van der Waals surface area contributed by atoms with Crippen molar-refractivity contribution in [2.24, 2.45) is 0 Å². The number of rotatable bonds is 3. The Morgan fingerprint density at radius 1 is 1.33 bits per heavy atom. The fraction of sp³-hybridized carbons (Fsp3) is 0.462. The van der Waals surface area contributed by atoms with Crippen LogP contribution >= 0.6 is 0 Å². The average Bonchev–Trinajstić information content (AvgIpc) is 2.38. The van der Waals surface area contributed by atoms with Gasteiger partial charge in [-0.15, -0.1) is 0 Å². The van der Waals surface area contributed by atoms with Crippen LogP contribution in [-0.2, 0) is 4.79 Å². The van der Waals surface area contributed by atoms with Crippen molar-refractivity contribution in [3.8, 4) is 0 Å². The van der Waals surface area contributed by atoms with Crippen LogP contribution in [0.4, 0.5) is 11.4 Å². The molecular weight excluding hydrogens is 230 g/mol. The number of piperazine rings is 1. The first-order valence-electron chi connectivity index (χ1n) is 6.15. The van der Waals surface area contributed by atoms with E-state index in [0.717, 1.165) is 37.6 Å². The van der Waals surface area contributed by atoms with Crippen molar-refractivity contribution in [3.05, 3.63) is 24.3 Å². The van der Waals surface area contributed by atoms with Crippen molar-refractivity contribution >= 4 is 17.3 Å². The molecule has 1 aromatic carbocycles. The van der Waals surface area contributed by atoms with Crippen molar-refractivity contribution in [2.45, 2.75) is 13.0 Å². The molecule has 18 heavy (non-hydrogen) atoms. The molecule has 1 aliphatic heterocycles. The average molecular weight is 249 g/mol. The van der Waals surface area contributed by atoms with Gasteiger partial charge >= 0.3 is 5.97 Å². The van der Waals surface area contributed by atoms with E-state index in [1.807, 2.05) is 29.2 Å². The van der Waals surface area contributed by atoms with Gasteiger partial charge in [0.25, 0.3) is 0 Å². The highest BCUT2D eigenvalue weighted by molar-refractivity contribution is 5.73. The summed E-state index contributed by atoms with van der Waals surface area (Å²) in [5.74, 6) is -0.757. The first-order chi connectivity index (χ1) is 8.58. The van der Waals surface area contributed by atoms with Crippen LogP contribution < -0.4 is 10.6 Å². The van der Waals surface area contributed by atoms with Gasteiger partial charge in [0.1, 0.15) is 6.04 Å². The molecule has 1 unspecified atom stereocenters. The maximum atomic E-state index is 10.9. The largest absolute Gasteiger partial charge is 0.480 e. The SMILES string of the molecule is CC(C(=O)O)N1CCN(c2cccc(N)c2)CC1. The van der Waals surface area contributed by atoms with Gasteiger partial charge in [-0.3, -0.25) is 9.69 Å². The van der Waals surface area contributed by atoms with Gasteiger partial charge < -0.3 is 15.7 Å². The predicted octanol–water partition coefficient (Wildman–Crippen LogP) is 0.864. The van der Waals surface area contributed by atoms with E-state index < -0.39 is 12.0 Å². The lowest BCUT2D eigenvalue weighted by Crippen LogP contribution is -2.51. The van der Waals surface area contributed by atoms with Gasteiger partial charge in [0.2, 0.25) is 0 Å². The van der Waals surface area contributed by atoms with Crippen LogP contribution in [0.2, 0.25) is 0 Å². The van der Waals surface area contributed by atoms with E-state index in [9.17, 15) is 4.79 Å². The summed E-state index contributed by atoms with van der Waals surface area (Å²) in [4.78, 5) is 15.2. The van der Waals surface area contributed by atoms with E-state index in [1.54, 1.807) is 6.92 Å². The number of hydrogen-bond acceptors (Lipinski definition) is 4. The Labute approximate surface area is 107 Å². The lowest BCUT2D eigenvalue weighted by atomic mass is 10.2. The minimum Gasteiger partial charge on any atom is -0.480 e. The molecule has 98 valence electrons. The minimum atomic E-state index is -0.757. The van der Waals surface area contributed by atoms with Gasteiger partial charge in [0.15, 0.2) is 0 Å². The molecular formula is C13H19N3O2. The number of carboxylic acid groups (broad SMARTS) is 1. The number of hydrogen-bond donors (Lipinski definition) is 2. The Kier molecular flexibility index (Phi) is 3.72. The molecule has 1 heterocycles. The monoisotopic (exact) mass is 249 g/mol. The van der Waals surface area contributed by atoms with Crippen LogP contribution in [-0.4, -0.2) is 48.2 Å². The number of nitrogen functional groups attached to an aromatic ring is 1. The number of carbonyl (C=O) groups is 1. The van der Waals surface area contributed by atoms with Crippen molar-refractivity contribution < 1.29 is 9.90 Å². The Balaban J connectivity index is 1.96. The molecule has 1 saturated heterocycles. The molecule has 0 bridgehead atoms. The third kappa shape index (κ3) is 2.73. The van der Waals surface area contributed by atoms with Gasteiger partial charge in [0.05, 0.1) is 0 Å². The summed E-state index contributed by atoms with van der Waals surface area (Å²) in [5, 5.41) is 8.98. The van der Waals surface area contributed by atoms with Crippen molar-refractivity contribution in [1.82, 2.24) is 4.90 Å². The number of nitrogens with two attached hydrogens (primary N) is 1. The first-order valence-corrected chi connectivity index (χ1v) is 6.15. The quantitative estimate of drug-likeness (QED) is 0.778. The molecule has 1 aliphatic rings. The fourth-order valence-electron chi connectivity index (χ4n) is 2.25. The lowest BCUT2D eigenvalue weighted by molar-refractivity contribution is -0.142. The standard InChI is InChI=1S/C13H19N3O2/c1-10(13(17)18)15-5-7-16(8-6-15)12-4-2-3-11(14)9-12/h2-4,9-10H,5-8,14H2,1H3,(H,17,18). The highest BCUT2D eigenvalue weighted by atomic mass is 16.4. The zero-order valence-corrected chi connectivity index (χ0v) is 10.5. The molecule has 2 rings (SSSR count). The van der Waals surface area contributed by atoms with Crippen molar-refractivity contribution in [1.29, 1.82) is 0 Å². The number of anilines is 2. The van der Waals surface area contributed by atoms with Gasteiger partial charge in [-0.25, -0.2) is 0 Å². The molecule has 0 amide bonds. The minimum absolute atomic E-state index is 0.409. The maximum absolute atomic E-state index is 10.9. The Morgan fingerprint density at radius 2 is 2.00 bits per heavy atom. The smallest absolute Gasteiger partial charge is 0.320 e. The van der Waals surface area contributed by atoms with Crippen molar-refractivity contribution in [3.63, 3.8) is 0 Å². The Hall–Kier alpha value is -1.75. The third-order valence-electron chi connectivity index (χ3n) is 3.45. The van der Waals surface area contributed by atoms with Gasteiger partial charge in [0, 0.05) is 37.6 Å². The number of benzene rings is 1. The highest BCUT2D eigenvalue weighted by Gasteiger charge is 2.25. The predicted molar refractivity (Wildman–Crippen MR) is 71.7 cm³/mol. The van der Waals surface area contributed by atoms with Crippen LogP contribution in [0.25, 0.3) is 0 Å².